The van der Waals surface area contributed by atoms with Gasteiger partial charge >= 0.3 is 0 Å². The number of nitrogens with one attached hydrogen (secondary N) is 3. The van der Waals surface area contributed by atoms with Gasteiger partial charge in [-0.1, -0.05) is 50.2 Å². The molecule has 0 saturated heterocycles. The smallest absolute Gasteiger partial charge is 0.237 e. The molecule has 1 amide bonds. The van der Waals surface area contributed by atoms with E-state index in [1.807, 2.05) is 74.5 Å². The molecular weight excluding hydrogens is 462 g/mol. The van der Waals surface area contributed by atoms with Crippen molar-refractivity contribution in [1.82, 2.24) is 0 Å². The summed E-state index contributed by atoms with van der Waals surface area (Å²) in [6.45, 7) is 6.16. The monoisotopic (exact) mass is 493 g/mol. The van der Waals surface area contributed by atoms with E-state index in [9.17, 15) is 4.79 Å². The number of aryl methyl sites for hydroxylation is 2. The number of benzene rings is 3. The molecule has 3 N–H and O–H groups in total. The second-order valence-electron chi connectivity index (χ2n) is 7.77. The summed E-state index contributed by atoms with van der Waals surface area (Å²) < 4.78 is 5.37. The van der Waals surface area contributed by atoms with Crippen LogP contribution in [0, 0.1) is 6.92 Å². The zero-order chi connectivity index (χ0) is 24.5. The Bertz CT molecular complexity index is 1150. The second-order valence-corrected chi connectivity index (χ2v) is 9.46. The highest BCUT2D eigenvalue weighted by atomic mass is 32.2. The Balaban J connectivity index is 1.66. The maximum absolute atomic E-state index is 13.1. The van der Waals surface area contributed by atoms with Gasteiger partial charge in [0.25, 0.3) is 0 Å². The van der Waals surface area contributed by atoms with Crippen molar-refractivity contribution < 1.29 is 9.53 Å². The lowest BCUT2D eigenvalue weighted by atomic mass is 10.1. The quantitative estimate of drug-likeness (QED) is 0.223. The van der Waals surface area contributed by atoms with Gasteiger partial charge in [-0.05, 0) is 73.4 Å². The van der Waals surface area contributed by atoms with Crippen LogP contribution in [0.2, 0.25) is 0 Å². The van der Waals surface area contributed by atoms with Gasteiger partial charge in [-0.3, -0.25) is 4.79 Å². The number of hydrogen-bond donors (Lipinski definition) is 3. The SMILES string of the molecule is CCc1cccc(C)c1NC(=O)C(CC)Sc1cccc(NC(=S)Nc2ccccc2OC)c1. The first kappa shape index (κ1) is 25.6. The Kier molecular flexibility index (Phi) is 9.36. The highest BCUT2D eigenvalue weighted by Gasteiger charge is 2.20. The van der Waals surface area contributed by atoms with Gasteiger partial charge in [-0.2, -0.15) is 0 Å². The van der Waals surface area contributed by atoms with Crippen molar-refractivity contribution in [2.75, 3.05) is 23.1 Å². The number of para-hydroxylation sites is 3. The van der Waals surface area contributed by atoms with Gasteiger partial charge in [0.15, 0.2) is 5.11 Å². The van der Waals surface area contributed by atoms with Crippen LogP contribution in [0.3, 0.4) is 0 Å². The molecule has 0 bridgehead atoms. The minimum Gasteiger partial charge on any atom is -0.495 e. The highest BCUT2D eigenvalue weighted by molar-refractivity contribution is 8.00. The molecule has 178 valence electrons. The van der Waals surface area contributed by atoms with E-state index in [0.717, 1.165) is 45.9 Å². The van der Waals surface area contributed by atoms with E-state index >= 15 is 0 Å². The summed E-state index contributed by atoms with van der Waals surface area (Å²) in [6, 6.07) is 21.6. The van der Waals surface area contributed by atoms with Crippen molar-refractivity contribution in [2.45, 2.75) is 43.8 Å². The Labute approximate surface area is 211 Å². The van der Waals surface area contributed by atoms with Crippen LogP contribution in [0.1, 0.15) is 31.4 Å². The number of methoxy groups -OCH3 is 1. The molecule has 0 aliphatic rings. The van der Waals surface area contributed by atoms with Crippen LogP contribution < -0.4 is 20.7 Å². The molecule has 0 aliphatic heterocycles. The van der Waals surface area contributed by atoms with E-state index in [1.54, 1.807) is 18.9 Å². The van der Waals surface area contributed by atoms with Crippen LogP contribution in [0.15, 0.2) is 71.6 Å². The average Bonchev–Trinajstić information content (AvgIpc) is 2.84. The molecule has 3 aromatic carbocycles. The van der Waals surface area contributed by atoms with E-state index < -0.39 is 0 Å². The van der Waals surface area contributed by atoms with Crippen molar-refractivity contribution >= 4 is 52.1 Å². The zero-order valence-corrected chi connectivity index (χ0v) is 21.6. The number of carbonyl (C=O) groups excluding carboxylic acids is 1. The number of thiocarbonyl (C=S) groups is 1. The third-order valence-corrected chi connectivity index (χ3v) is 6.94. The molecule has 0 fully saturated rings. The molecule has 0 heterocycles. The number of carbonyl (C=O) groups is 1. The largest absolute Gasteiger partial charge is 0.495 e. The van der Waals surface area contributed by atoms with Crippen LogP contribution in [-0.4, -0.2) is 23.4 Å². The van der Waals surface area contributed by atoms with Crippen molar-refractivity contribution in [3.8, 4) is 5.75 Å². The average molecular weight is 494 g/mol. The van der Waals surface area contributed by atoms with E-state index in [-0.39, 0.29) is 11.2 Å². The van der Waals surface area contributed by atoms with Gasteiger partial charge in [-0.25, -0.2) is 0 Å². The van der Waals surface area contributed by atoms with Crippen LogP contribution in [0.5, 0.6) is 5.75 Å². The first-order valence-corrected chi connectivity index (χ1v) is 12.6. The molecule has 3 rings (SSSR count). The molecule has 1 atom stereocenters. The Hall–Kier alpha value is -3.03. The van der Waals surface area contributed by atoms with E-state index in [1.165, 1.54) is 0 Å². The molecule has 0 aliphatic carbocycles. The lowest BCUT2D eigenvalue weighted by molar-refractivity contribution is -0.115. The van der Waals surface area contributed by atoms with Crippen molar-refractivity contribution in [3.05, 3.63) is 77.9 Å². The summed E-state index contributed by atoms with van der Waals surface area (Å²) in [7, 11) is 1.63. The van der Waals surface area contributed by atoms with Gasteiger partial charge in [0.1, 0.15) is 5.75 Å². The minimum atomic E-state index is -0.210. The summed E-state index contributed by atoms with van der Waals surface area (Å²) in [5.74, 6) is 0.732. The number of rotatable bonds is 9. The number of ether oxygens (including phenoxy) is 1. The van der Waals surface area contributed by atoms with Gasteiger partial charge in [-0.15, -0.1) is 11.8 Å². The predicted octanol–water partition coefficient (Wildman–Crippen LogP) is 6.88. The molecular formula is C27H31N3O2S2. The van der Waals surface area contributed by atoms with Gasteiger partial charge in [0.2, 0.25) is 5.91 Å². The van der Waals surface area contributed by atoms with Gasteiger partial charge < -0.3 is 20.7 Å². The fraction of sp³-hybridized carbons (Fsp3) is 0.259. The van der Waals surface area contributed by atoms with Gasteiger partial charge in [0.05, 0.1) is 18.0 Å². The highest BCUT2D eigenvalue weighted by Crippen LogP contribution is 2.30. The molecule has 5 nitrogen and oxygen atoms in total. The van der Waals surface area contributed by atoms with E-state index in [2.05, 4.69) is 28.9 Å². The maximum Gasteiger partial charge on any atom is 0.237 e. The lowest BCUT2D eigenvalue weighted by Crippen LogP contribution is -2.25. The third kappa shape index (κ3) is 6.74. The summed E-state index contributed by atoms with van der Waals surface area (Å²) in [4.78, 5) is 14.1. The fourth-order valence-corrected chi connectivity index (χ4v) is 4.81. The molecule has 1 unspecified atom stereocenters. The molecule has 0 radical (unpaired) electrons. The summed E-state index contributed by atoms with van der Waals surface area (Å²) >= 11 is 7.03. The fourth-order valence-electron chi connectivity index (χ4n) is 3.57. The van der Waals surface area contributed by atoms with Gasteiger partial charge in [0, 0.05) is 16.3 Å². The van der Waals surface area contributed by atoms with E-state index in [4.69, 9.17) is 17.0 Å². The molecule has 7 heteroatoms. The number of amides is 1. The van der Waals surface area contributed by atoms with Crippen LogP contribution in [-0.2, 0) is 11.2 Å². The summed E-state index contributed by atoms with van der Waals surface area (Å²) in [5, 5.41) is 9.80. The Morgan fingerprint density at radius 2 is 1.76 bits per heavy atom. The maximum atomic E-state index is 13.1. The second kappa shape index (κ2) is 12.4. The minimum absolute atomic E-state index is 0.0169. The predicted molar refractivity (Wildman–Crippen MR) is 148 cm³/mol. The van der Waals surface area contributed by atoms with Crippen LogP contribution in [0.4, 0.5) is 17.1 Å². The summed E-state index contributed by atoms with van der Waals surface area (Å²) in [6.07, 6.45) is 1.59. The van der Waals surface area contributed by atoms with Crippen molar-refractivity contribution in [3.63, 3.8) is 0 Å². The Morgan fingerprint density at radius 1 is 1.00 bits per heavy atom. The zero-order valence-electron chi connectivity index (χ0n) is 20.0. The van der Waals surface area contributed by atoms with Crippen LogP contribution in [0.25, 0.3) is 0 Å². The summed E-state index contributed by atoms with van der Waals surface area (Å²) in [5.41, 5.74) is 4.79. The molecule has 0 saturated carbocycles. The van der Waals surface area contributed by atoms with E-state index in [0.29, 0.717) is 10.9 Å². The third-order valence-electron chi connectivity index (χ3n) is 5.38. The molecule has 0 aromatic heterocycles. The topological polar surface area (TPSA) is 62.4 Å². The van der Waals surface area contributed by atoms with Crippen molar-refractivity contribution in [1.29, 1.82) is 0 Å². The molecule has 0 spiro atoms. The molecule has 34 heavy (non-hydrogen) atoms. The van der Waals surface area contributed by atoms with Crippen molar-refractivity contribution in [2.24, 2.45) is 0 Å². The number of thioether (sulfide) groups is 1. The number of anilines is 3. The molecule has 3 aromatic rings. The normalized spacial score (nSPS) is 11.4. The lowest BCUT2D eigenvalue weighted by Gasteiger charge is -2.18. The van der Waals surface area contributed by atoms with Crippen LogP contribution >= 0.6 is 24.0 Å². The first-order chi connectivity index (χ1) is 16.4. The number of hydrogen-bond acceptors (Lipinski definition) is 4. The standard InChI is InChI=1S/C27H31N3O2S2/c1-5-19-12-9-11-18(3)25(19)30-26(31)24(6-2)34-21-14-10-13-20(17-21)28-27(33)29-22-15-7-8-16-23(22)32-4/h7-17,24H,5-6H2,1-4H3,(H,30,31)(H2,28,29,33). The Morgan fingerprint density at radius 3 is 2.50 bits per heavy atom. The first-order valence-electron chi connectivity index (χ1n) is 11.3.